The van der Waals surface area contributed by atoms with Crippen molar-refractivity contribution in [1.29, 1.82) is 0 Å². The van der Waals surface area contributed by atoms with Gasteiger partial charge in [-0.3, -0.25) is 0 Å². The third-order valence-corrected chi connectivity index (χ3v) is 17.5. The minimum absolute atomic E-state index is 0.654. The van der Waals surface area contributed by atoms with Gasteiger partial charge in [0.25, 0.3) is 0 Å². The summed E-state index contributed by atoms with van der Waals surface area (Å²) in [4.78, 5) is 0. The summed E-state index contributed by atoms with van der Waals surface area (Å²) in [5, 5.41) is 6.66. The zero-order chi connectivity index (χ0) is 52.9. The summed E-state index contributed by atoms with van der Waals surface area (Å²) in [6, 6.07) is 14.3. The fourth-order valence-electron chi connectivity index (χ4n) is 10.0. The van der Waals surface area contributed by atoms with Crippen molar-refractivity contribution in [2.45, 2.75) is 240 Å². The quantitative estimate of drug-likeness (QED) is 0.0244. The van der Waals surface area contributed by atoms with E-state index in [2.05, 4.69) is 71.0 Å². The third kappa shape index (κ3) is 22.3. The number of unbranched alkanes of at least 4 members (excludes halogenated alkanes) is 25. The average Bonchev–Trinajstić information content (AvgIpc) is 3.42. The first kappa shape index (κ1) is 63.1. The van der Waals surface area contributed by atoms with Crippen molar-refractivity contribution in [1.82, 2.24) is 0 Å². The van der Waals surface area contributed by atoms with Crippen molar-refractivity contribution >= 4 is 41.1 Å². The van der Waals surface area contributed by atoms with Gasteiger partial charge in [0.05, 0.1) is 39.6 Å². The molecule has 0 aliphatic heterocycles. The smallest absolute Gasteiger partial charge is 0.490 e. The van der Waals surface area contributed by atoms with Crippen LogP contribution >= 0.6 is 0 Å². The Balaban J connectivity index is 1.49. The first-order chi connectivity index (χ1) is 36.4. The number of fused-ring (bicyclic) bond motifs is 6. The number of benzene rings is 4. The number of hydrogen-bond donors (Lipinski definition) is 0. The Hall–Kier alpha value is -3.44. The van der Waals surface area contributed by atoms with Gasteiger partial charge < -0.3 is 41.7 Å². The summed E-state index contributed by atoms with van der Waals surface area (Å²) >= 11 is 0. The molecule has 0 bridgehead atoms. The summed E-state index contributed by atoms with van der Waals surface area (Å²) in [7, 11) is 2.71. The van der Waals surface area contributed by atoms with Crippen LogP contribution in [0.2, 0.25) is 6.04 Å². The third-order valence-electron chi connectivity index (χ3n) is 14.7. The summed E-state index contributed by atoms with van der Waals surface area (Å²) < 4.78 is 56.6. The molecule has 0 unspecified atom stereocenters. The topological polar surface area (TPSA) is 83.1 Å². The molecule has 4 aromatic rings. The second-order valence-corrected chi connectivity index (χ2v) is 24.0. The molecule has 9 nitrogen and oxygen atoms in total. The highest BCUT2D eigenvalue weighted by Crippen LogP contribution is 2.47. The van der Waals surface area contributed by atoms with Gasteiger partial charge in [-0.05, 0) is 114 Å². The Morgan fingerprint density at radius 3 is 0.608 bits per heavy atom. The van der Waals surface area contributed by atoms with Crippen molar-refractivity contribution in [2.24, 2.45) is 0 Å². The molecule has 0 fully saturated rings. The molecular weight excluding hydrogens is 941 g/mol. The number of ether oxygens (including phenoxy) is 6. The molecule has 74 heavy (non-hydrogen) atoms. The molecule has 0 aromatic heterocycles. The second-order valence-electron chi connectivity index (χ2n) is 20.9. The Morgan fingerprint density at radius 2 is 0.419 bits per heavy atom. The number of hydrogen-bond acceptors (Lipinski definition) is 9. The first-order valence-corrected chi connectivity index (χ1v) is 32.3. The highest BCUT2D eigenvalue weighted by Gasteiger charge is 2.36. The lowest BCUT2D eigenvalue weighted by atomic mass is 9.93. The second kappa shape index (κ2) is 39.0. The van der Waals surface area contributed by atoms with Crippen molar-refractivity contribution in [3.8, 4) is 34.5 Å². The molecule has 0 radical (unpaired) electrons. The summed E-state index contributed by atoms with van der Waals surface area (Å²) in [5.41, 5.74) is 0. The average molecular weight is 1050 g/mol. The van der Waals surface area contributed by atoms with E-state index in [0.717, 1.165) is 182 Å². The van der Waals surface area contributed by atoms with E-state index in [1.165, 1.54) is 89.9 Å². The van der Waals surface area contributed by atoms with E-state index in [9.17, 15) is 0 Å². The van der Waals surface area contributed by atoms with Crippen LogP contribution in [-0.4, -0.2) is 69.8 Å². The Bertz CT molecular complexity index is 2010. The molecule has 0 amide bonds. The predicted octanol–water partition coefficient (Wildman–Crippen LogP) is 19.5. The Kier molecular flexibility index (Phi) is 33.3. The number of rotatable bonds is 48. The van der Waals surface area contributed by atoms with Gasteiger partial charge in [0.2, 0.25) is 0 Å². The molecule has 0 atom stereocenters. The largest absolute Gasteiger partial charge is 0.500 e. The SMILES string of the molecule is CCCCCOc1cc2c3cc(OCCCCC)c(OCCCCC)cc3c3cc(OCCCCCCCCCCCCCCCCCC[Si](OC)(OC)OC)c(OCCCCC)cc3c2cc1OCCCCC. The van der Waals surface area contributed by atoms with Crippen molar-refractivity contribution in [2.75, 3.05) is 61.0 Å². The van der Waals surface area contributed by atoms with E-state index in [4.69, 9.17) is 41.7 Å². The van der Waals surface area contributed by atoms with Gasteiger partial charge in [0.1, 0.15) is 0 Å². The van der Waals surface area contributed by atoms with Crippen LogP contribution in [-0.2, 0) is 13.3 Å². The van der Waals surface area contributed by atoms with Crippen LogP contribution in [0.15, 0.2) is 36.4 Å². The van der Waals surface area contributed by atoms with E-state index in [1.807, 2.05) is 0 Å². The van der Waals surface area contributed by atoms with Gasteiger partial charge in [-0.25, -0.2) is 0 Å². The van der Waals surface area contributed by atoms with Gasteiger partial charge in [-0.2, -0.15) is 0 Å². The molecule has 420 valence electrons. The van der Waals surface area contributed by atoms with Gasteiger partial charge in [0, 0.05) is 27.4 Å². The minimum atomic E-state index is -2.41. The van der Waals surface area contributed by atoms with Crippen LogP contribution in [0.4, 0.5) is 0 Å². The summed E-state index contributed by atoms with van der Waals surface area (Å²) in [5.74, 6) is 4.83. The maximum Gasteiger partial charge on any atom is 0.500 e. The van der Waals surface area contributed by atoms with Crippen molar-refractivity contribution < 1.29 is 41.7 Å². The van der Waals surface area contributed by atoms with Gasteiger partial charge >= 0.3 is 8.80 Å². The maximum atomic E-state index is 6.78. The summed E-state index contributed by atoms with van der Waals surface area (Å²) in [6.45, 7) is 15.1. The molecule has 0 aliphatic carbocycles. The molecule has 0 N–H and O–H groups in total. The molecular formula is C64H106O9Si. The zero-order valence-electron chi connectivity index (χ0n) is 48.5. The fraction of sp³-hybridized carbons (Fsp3) is 0.719. The van der Waals surface area contributed by atoms with Crippen molar-refractivity contribution in [3.05, 3.63) is 36.4 Å². The molecule has 0 saturated carbocycles. The Labute approximate surface area is 452 Å². The molecule has 0 heterocycles. The van der Waals surface area contributed by atoms with E-state index in [0.29, 0.717) is 39.6 Å². The molecule has 4 rings (SSSR count). The lowest BCUT2D eigenvalue weighted by Crippen LogP contribution is -2.42. The van der Waals surface area contributed by atoms with E-state index in [-0.39, 0.29) is 0 Å². The zero-order valence-corrected chi connectivity index (χ0v) is 49.5. The normalized spacial score (nSPS) is 11.8. The minimum Gasteiger partial charge on any atom is -0.490 e. The molecule has 4 aromatic carbocycles. The van der Waals surface area contributed by atoms with Crippen LogP contribution in [0.1, 0.15) is 234 Å². The van der Waals surface area contributed by atoms with Crippen LogP contribution in [0.5, 0.6) is 34.5 Å². The first-order valence-electron chi connectivity index (χ1n) is 30.4. The lowest BCUT2D eigenvalue weighted by Gasteiger charge is -2.24. The highest BCUT2D eigenvalue weighted by atomic mass is 28.4. The van der Waals surface area contributed by atoms with E-state index < -0.39 is 8.80 Å². The van der Waals surface area contributed by atoms with Crippen LogP contribution < -0.4 is 28.4 Å². The van der Waals surface area contributed by atoms with Gasteiger partial charge in [-0.1, -0.05) is 189 Å². The van der Waals surface area contributed by atoms with Crippen molar-refractivity contribution in [3.63, 3.8) is 0 Å². The standard InChI is InChI=1S/C64H106O9Si/c1-9-14-33-40-68-59-47-53-54-48-60(69-41-34-15-10-2)62(71-43-36-17-12-4)50-56(54)58-52-64(63(72-44-37-18-13-5)51-57(58)55(53)49-61(59)70-42-35-16-11-3)73-45-38-31-29-27-25-23-21-19-20-22-24-26-28-30-32-39-46-74(65-6,66-7)67-8/h47-52H,9-46H2,1-8H3. The van der Waals surface area contributed by atoms with Crippen LogP contribution in [0, 0.1) is 0 Å². The highest BCUT2D eigenvalue weighted by molar-refractivity contribution is 6.60. The monoisotopic (exact) mass is 1050 g/mol. The van der Waals surface area contributed by atoms with Gasteiger partial charge in [0.15, 0.2) is 34.5 Å². The Morgan fingerprint density at radius 1 is 0.243 bits per heavy atom. The van der Waals surface area contributed by atoms with Crippen LogP contribution in [0.3, 0.4) is 0 Å². The predicted molar refractivity (Wildman–Crippen MR) is 315 cm³/mol. The molecule has 0 spiro atoms. The van der Waals surface area contributed by atoms with E-state index >= 15 is 0 Å². The molecule has 0 saturated heterocycles. The lowest BCUT2D eigenvalue weighted by molar-refractivity contribution is 0.122. The van der Waals surface area contributed by atoms with E-state index in [1.54, 1.807) is 21.3 Å². The maximum absolute atomic E-state index is 6.78. The van der Waals surface area contributed by atoms with Gasteiger partial charge in [-0.15, -0.1) is 0 Å². The molecule has 0 aliphatic rings. The van der Waals surface area contributed by atoms with Crippen LogP contribution in [0.25, 0.3) is 32.3 Å². The molecule has 10 heteroatoms. The fourth-order valence-corrected chi connectivity index (χ4v) is 11.8. The summed E-state index contributed by atoms with van der Waals surface area (Å²) in [6.07, 6.45) is 37.0.